The lowest BCUT2D eigenvalue weighted by Gasteiger charge is -2.11. The van der Waals surface area contributed by atoms with Crippen LogP contribution in [0.5, 0.6) is 5.75 Å². The number of nitrogens with zero attached hydrogens (tertiary/aromatic N) is 2. The number of hydrogen-bond acceptors (Lipinski definition) is 5. The molecule has 0 aromatic carbocycles. The van der Waals surface area contributed by atoms with Crippen molar-refractivity contribution in [2.24, 2.45) is 0 Å². The fourth-order valence-electron chi connectivity index (χ4n) is 0.838. The number of nitriles is 1. The first-order valence-electron chi connectivity index (χ1n) is 3.67. The molecule has 0 saturated carbocycles. The van der Waals surface area contributed by atoms with E-state index in [9.17, 15) is 5.11 Å². The van der Waals surface area contributed by atoms with Crippen molar-refractivity contribution in [3.8, 4) is 11.8 Å². The summed E-state index contributed by atoms with van der Waals surface area (Å²) >= 11 is 5.47. The maximum atomic E-state index is 9.33. The first kappa shape index (κ1) is 10.7. The van der Waals surface area contributed by atoms with Crippen LogP contribution in [0.2, 0.25) is 5.15 Å². The highest BCUT2D eigenvalue weighted by Crippen LogP contribution is 2.23. The summed E-state index contributed by atoms with van der Waals surface area (Å²) in [6.45, 7) is 0. The van der Waals surface area contributed by atoms with Gasteiger partial charge in [-0.2, -0.15) is 5.26 Å². The van der Waals surface area contributed by atoms with Gasteiger partial charge in [0.15, 0.2) is 17.0 Å². The van der Waals surface area contributed by atoms with Crippen LogP contribution in [0.15, 0.2) is 12.1 Å². The van der Waals surface area contributed by atoms with Gasteiger partial charge in [0.05, 0.1) is 11.8 Å². The van der Waals surface area contributed by atoms with Gasteiger partial charge < -0.3 is 15.3 Å². The summed E-state index contributed by atoms with van der Waals surface area (Å²) in [5.74, 6) is -0.228. The molecule has 3 N–H and O–H groups in total. The quantitative estimate of drug-likeness (QED) is 0.488. The molecule has 74 valence electrons. The molecule has 14 heavy (non-hydrogen) atoms. The van der Waals surface area contributed by atoms with Crippen LogP contribution in [-0.4, -0.2) is 26.4 Å². The fraction of sp³-hybridized carbons (Fsp3) is 0.250. The SMILES string of the molecule is N#CC(O)C(O)c1ccc(O)c(Cl)n1. The summed E-state index contributed by atoms with van der Waals surface area (Å²) in [6.07, 6.45) is -3.00. The van der Waals surface area contributed by atoms with Crippen molar-refractivity contribution in [3.63, 3.8) is 0 Å². The van der Waals surface area contributed by atoms with Crippen LogP contribution in [0.1, 0.15) is 11.8 Å². The van der Waals surface area contributed by atoms with E-state index >= 15 is 0 Å². The summed E-state index contributed by atoms with van der Waals surface area (Å²) in [5.41, 5.74) is 0.0295. The number of rotatable bonds is 2. The lowest BCUT2D eigenvalue weighted by Crippen LogP contribution is -2.16. The van der Waals surface area contributed by atoms with Crippen molar-refractivity contribution in [2.75, 3.05) is 0 Å². The van der Waals surface area contributed by atoms with Gasteiger partial charge in [0.2, 0.25) is 0 Å². The van der Waals surface area contributed by atoms with E-state index in [4.69, 9.17) is 27.1 Å². The molecule has 0 amide bonds. The lowest BCUT2D eigenvalue weighted by molar-refractivity contribution is 0.0498. The van der Waals surface area contributed by atoms with E-state index in [0.717, 1.165) is 0 Å². The Balaban J connectivity index is 2.98. The summed E-state index contributed by atoms with van der Waals surface area (Å²) in [5, 5.41) is 35.5. The number of halogens is 1. The number of aliphatic hydroxyl groups is 2. The van der Waals surface area contributed by atoms with Crippen LogP contribution in [0.3, 0.4) is 0 Å². The van der Waals surface area contributed by atoms with Crippen LogP contribution in [0.25, 0.3) is 0 Å². The minimum atomic E-state index is -1.57. The number of aromatic hydroxyl groups is 1. The molecule has 0 saturated heterocycles. The van der Waals surface area contributed by atoms with E-state index < -0.39 is 12.2 Å². The second-order valence-electron chi connectivity index (χ2n) is 2.56. The van der Waals surface area contributed by atoms with Crippen LogP contribution in [0, 0.1) is 11.3 Å². The highest BCUT2D eigenvalue weighted by molar-refractivity contribution is 6.30. The molecule has 6 heteroatoms. The molecule has 1 aromatic heterocycles. The van der Waals surface area contributed by atoms with Gasteiger partial charge in [-0.25, -0.2) is 4.98 Å². The Bertz CT molecular complexity index is 377. The molecule has 0 radical (unpaired) electrons. The number of hydrogen-bond donors (Lipinski definition) is 3. The standard InChI is InChI=1S/C8H7ClN2O3/c9-8-5(12)2-1-4(11-8)7(14)6(13)3-10/h1-2,6-7,12-14H. The molecule has 0 aliphatic rings. The largest absolute Gasteiger partial charge is 0.505 e. The van der Waals surface area contributed by atoms with Crippen molar-refractivity contribution in [1.82, 2.24) is 4.98 Å². The maximum absolute atomic E-state index is 9.33. The van der Waals surface area contributed by atoms with Crippen LogP contribution in [-0.2, 0) is 0 Å². The lowest BCUT2D eigenvalue weighted by atomic mass is 10.1. The summed E-state index contributed by atoms with van der Waals surface area (Å²) in [6, 6.07) is 3.95. The van der Waals surface area contributed by atoms with Gasteiger partial charge in [-0.05, 0) is 12.1 Å². The van der Waals surface area contributed by atoms with E-state index in [0.29, 0.717) is 0 Å². The number of pyridine rings is 1. The molecule has 0 bridgehead atoms. The second-order valence-corrected chi connectivity index (χ2v) is 2.92. The molecular weight excluding hydrogens is 208 g/mol. The molecule has 5 nitrogen and oxygen atoms in total. The van der Waals surface area contributed by atoms with Gasteiger partial charge in [-0.1, -0.05) is 11.6 Å². The van der Waals surface area contributed by atoms with E-state index in [1.165, 1.54) is 18.2 Å². The van der Waals surface area contributed by atoms with Crippen molar-refractivity contribution in [1.29, 1.82) is 5.26 Å². The van der Waals surface area contributed by atoms with Gasteiger partial charge in [0.25, 0.3) is 0 Å². The van der Waals surface area contributed by atoms with Crippen LogP contribution in [0.4, 0.5) is 0 Å². The normalized spacial score (nSPS) is 14.4. The Morgan fingerprint density at radius 1 is 1.43 bits per heavy atom. The minimum absolute atomic E-state index is 0.0295. The predicted octanol–water partition coefficient (Wildman–Crippen LogP) is 0.358. The monoisotopic (exact) mass is 214 g/mol. The zero-order chi connectivity index (χ0) is 10.7. The summed E-state index contributed by atoms with van der Waals surface area (Å²) in [4.78, 5) is 3.60. The number of aliphatic hydroxyl groups excluding tert-OH is 2. The minimum Gasteiger partial charge on any atom is -0.505 e. The Morgan fingerprint density at radius 3 is 2.57 bits per heavy atom. The Morgan fingerprint density at radius 2 is 2.07 bits per heavy atom. The van der Waals surface area contributed by atoms with Crippen molar-refractivity contribution < 1.29 is 15.3 Å². The van der Waals surface area contributed by atoms with Crippen molar-refractivity contribution in [3.05, 3.63) is 23.0 Å². The molecule has 2 atom stereocenters. The zero-order valence-electron chi connectivity index (χ0n) is 6.92. The average molecular weight is 215 g/mol. The molecular formula is C8H7ClN2O3. The molecule has 0 spiro atoms. The van der Waals surface area contributed by atoms with Crippen LogP contribution < -0.4 is 0 Å². The smallest absolute Gasteiger partial charge is 0.171 e. The van der Waals surface area contributed by atoms with Crippen molar-refractivity contribution >= 4 is 11.6 Å². The van der Waals surface area contributed by atoms with Gasteiger partial charge in [0.1, 0.15) is 6.10 Å². The van der Waals surface area contributed by atoms with Crippen LogP contribution >= 0.6 is 11.6 Å². The summed E-state index contributed by atoms with van der Waals surface area (Å²) < 4.78 is 0. The third-order valence-corrected chi connectivity index (χ3v) is 1.86. The van der Waals surface area contributed by atoms with Gasteiger partial charge in [0, 0.05) is 0 Å². The van der Waals surface area contributed by atoms with Gasteiger partial charge >= 0.3 is 0 Å². The first-order valence-corrected chi connectivity index (χ1v) is 4.05. The highest BCUT2D eigenvalue weighted by Gasteiger charge is 2.19. The third-order valence-electron chi connectivity index (χ3n) is 1.58. The highest BCUT2D eigenvalue weighted by atomic mass is 35.5. The Kier molecular flexibility index (Phi) is 3.25. The molecule has 0 aliphatic carbocycles. The Labute approximate surface area is 84.8 Å². The average Bonchev–Trinajstić information content (AvgIpc) is 2.20. The maximum Gasteiger partial charge on any atom is 0.171 e. The van der Waals surface area contributed by atoms with Gasteiger partial charge in [-0.3, -0.25) is 0 Å². The predicted molar refractivity (Wildman–Crippen MR) is 47.5 cm³/mol. The molecule has 0 fully saturated rings. The molecule has 0 aliphatic heterocycles. The molecule has 1 aromatic rings. The zero-order valence-corrected chi connectivity index (χ0v) is 7.68. The topological polar surface area (TPSA) is 97.4 Å². The molecule has 1 heterocycles. The van der Waals surface area contributed by atoms with E-state index in [-0.39, 0.29) is 16.6 Å². The fourth-order valence-corrected chi connectivity index (χ4v) is 0.999. The van der Waals surface area contributed by atoms with Gasteiger partial charge in [-0.15, -0.1) is 0 Å². The number of aromatic nitrogens is 1. The molecule has 1 rings (SSSR count). The Hall–Kier alpha value is -1.35. The summed E-state index contributed by atoms with van der Waals surface area (Å²) in [7, 11) is 0. The first-order chi connectivity index (χ1) is 6.56. The van der Waals surface area contributed by atoms with E-state index in [1.807, 2.05) is 0 Å². The van der Waals surface area contributed by atoms with E-state index in [1.54, 1.807) is 0 Å². The third kappa shape index (κ3) is 2.12. The molecule has 2 unspecified atom stereocenters. The van der Waals surface area contributed by atoms with Crippen molar-refractivity contribution in [2.45, 2.75) is 12.2 Å². The second kappa shape index (κ2) is 4.24. The van der Waals surface area contributed by atoms with E-state index in [2.05, 4.69) is 4.98 Å².